The maximum absolute atomic E-state index is 12.1. The van der Waals surface area contributed by atoms with E-state index in [0.717, 1.165) is 5.56 Å². The van der Waals surface area contributed by atoms with E-state index in [2.05, 4.69) is 15.5 Å². The number of anilines is 1. The van der Waals surface area contributed by atoms with Crippen LogP contribution in [0.4, 0.5) is 10.6 Å². The highest BCUT2D eigenvalue weighted by molar-refractivity contribution is 6.06. The summed E-state index contributed by atoms with van der Waals surface area (Å²) in [6, 6.07) is 5.69. The zero-order valence-corrected chi connectivity index (χ0v) is 11.0. The Hall–Kier alpha value is -3.03. The van der Waals surface area contributed by atoms with E-state index in [-0.39, 0.29) is 17.9 Å². The average Bonchev–Trinajstić information content (AvgIpc) is 3.01. The molecule has 2 heterocycles. The van der Waals surface area contributed by atoms with Crippen LogP contribution in [0.2, 0.25) is 0 Å². The Kier molecular flexibility index (Phi) is 2.98. The number of carbonyl (C=O) groups excluding carboxylic acids is 2. The molecule has 5 N–H and O–H groups in total. The number of aromatic amines is 1. The van der Waals surface area contributed by atoms with Crippen LogP contribution in [0.1, 0.15) is 21.6 Å². The number of hydrogen-bond donors (Lipinski definition) is 4. The molecule has 1 aliphatic rings. The second-order valence-corrected chi connectivity index (χ2v) is 4.69. The number of aromatic hydroxyl groups is 1. The second-order valence-electron chi connectivity index (χ2n) is 4.69. The third kappa shape index (κ3) is 2.27. The number of phenols is 1. The van der Waals surface area contributed by atoms with Gasteiger partial charge >= 0.3 is 6.03 Å². The quantitative estimate of drug-likeness (QED) is 0.650. The molecule has 108 valence electrons. The molecule has 21 heavy (non-hydrogen) atoms. The molecule has 0 unspecified atom stereocenters. The summed E-state index contributed by atoms with van der Waals surface area (Å²) in [7, 11) is 0. The van der Waals surface area contributed by atoms with Gasteiger partial charge in [-0.2, -0.15) is 5.10 Å². The van der Waals surface area contributed by atoms with Crippen molar-refractivity contribution < 1.29 is 14.7 Å². The van der Waals surface area contributed by atoms with Crippen LogP contribution in [0, 0.1) is 0 Å². The first-order valence-electron chi connectivity index (χ1n) is 6.26. The zero-order chi connectivity index (χ0) is 15.0. The van der Waals surface area contributed by atoms with E-state index in [9.17, 15) is 14.7 Å². The normalized spacial score (nSPS) is 13.0. The molecule has 1 aliphatic heterocycles. The Morgan fingerprint density at radius 1 is 1.33 bits per heavy atom. The third-order valence-electron chi connectivity index (χ3n) is 3.34. The van der Waals surface area contributed by atoms with Gasteiger partial charge in [0, 0.05) is 5.56 Å². The van der Waals surface area contributed by atoms with E-state index in [1.54, 1.807) is 12.1 Å². The number of urea groups is 1. The second kappa shape index (κ2) is 4.82. The molecular formula is C13H13N5O3. The van der Waals surface area contributed by atoms with E-state index in [1.807, 2.05) is 0 Å². The minimum atomic E-state index is -0.536. The average molecular weight is 287 g/mol. The lowest BCUT2D eigenvalue weighted by atomic mass is 10.2. The predicted octanol–water partition coefficient (Wildman–Crippen LogP) is 0.762. The summed E-state index contributed by atoms with van der Waals surface area (Å²) in [6.45, 7) is 0.602. The van der Waals surface area contributed by atoms with Crippen molar-refractivity contribution in [2.45, 2.75) is 13.1 Å². The number of carbonyl (C=O) groups is 2. The number of nitrogens with one attached hydrogen (secondary N) is 2. The predicted molar refractivity (Wildman–Crippen MR) is 73.5 cm³/mol. The summed E-state index contributed by atoms with van der Waals surface area (Å²) in [5, 5.41) is 19.1. The van der Waals surface area contributed by atoms with Crippen molar-refractivity contribution in [3.8, 4) is 5.75 Å². The van der Waals surface area contributed by atoms with Crippen LogP contribution in [-0.2, 0) is 13.1 Å². The van der Waals surface area contributed by atoms with E-state index in [1.165, 1.54) is 17.0 Å². The van der Waals surface area contributed by atoms with E-state index in [4.69, 9.17) is 5.73 Å². The van der Waals surface area contributed by atoms with Crippen molar-refractivity contribution in [1.29, 1.82) is 0 Å². The first-order chi connectivity index (χ1) is 10.1. The van der Waals surface area contributed by atoms with Crippen LogP contribution in [0.25, 0.3) is 0 Å². The summed E-state index contributed by atoms with van der Waals surface area (Å²) >= 11 is 0. The summed E-state index contributed by atoms with van der Waals surface area (Å²) < 4.78 is 0. The number of aromatic nitrogens is 2. The van der Waals surface area contributed by atoms with Gasteiger partial charge in [0.1, 0.15) is 11.6 Å². The number of nitrogens with zero attached hydrogens (tertiary/aromatic N) is 2. The number of benzene rings is 1. The number of rotatable bonds is 2. The van der Waals surface area contributed by atoms with Crippen molar-refractivity contribution in [1.82, 2.24) is 15.1 Å². The Labute approximate surface area is 119 Å². The van der Waals surface area contributed by atoms with E-state index < -0.39 is 11.9 Å². The van der Waals surface area contributed by atoms with Gasteiger partial charge in [-0.3, -0.25) is 9.89 Å². The van der Waals surface area contributed by atoms with Crippen LogP contribution in [0.15, 0.2) is 24.3 Å². The number of nitrogens with two attached hydrogens (primary N) is 1. The SMILES string of the molecule is NC(=O)N1Cc2n[nH]c(NC(=O)c3ccccc3O)c2C1. The molecule has 0 atom stereocenters. The van der Waals surface area contributed by atoms with Crippen molar-refractivity contribution in [3.63, 3.8) is 0 Å². The van der Waals surface area contributed by atoms with Gasteiger partial charge in [-0.15, -0.1) is 0 Å². The van der Waals surface area contributed by atoms with Gasteiger partial charge in [0.25, 0.3) is 5.91 Å². The first kappa shape index (κ1) is 13.0. The summed E-state index contributed by atoms with van der Waals surface area (Å²) in [5.41, 5.74) is 6.77. The molecule has 0 spiro atoms. The molecule has 8 nitrogen and oxygen atoms in total. The minimum Gasteiger partial charge on any atom is -0.507 e. The van der Waals surface area contributed by atoms with Crippen LogP contribution in [0.3, 0.4) is 0 Å². The number of hydrogen-bond acceptors (Lipinski definition) is 4. The molecule has 0 saturated carbocycles. The number of amides is 3. The highest BCUT2D eigenvalue weighted by Gasteiger charge is 2.28. The monoisotopic (exact) mass is 287 g/mol. The fraction of sp³-hybridized carbons (Fsp3) is 0.154. The van der Waals surface area contributed by atoms with Crippen LogP contribution < -0.4 is 11.1 Å². The van der Waals surface area contributed by atoms with Crippen molar-refractivity contribution in [3.05, 3.63) is 41.1 Å². The number of fused-ring (bicyclic) bond motifs is 1. The Balaban J connectivity index is 1.81. The minimum absolute atomic E-state index is 0.107. The fourth-order valence-electron chi connectivity index (χ4n) is 2.24. The summed E-state index contributed by atoms with van der Waals surface area (Å²) in [6.07, 6.45) is 0. The molecule has 0 bridgehead atoms. The van der Waals surface area contributed by atoms with Crippen LogP contribution in [-0.4, -0.2) is 32.1 Å². The lowest BCUT2D eigenvalue weighted by molar-refractivity contribution is 0.102. The van der Waals surface area contributed by atoms with Gasteiger partial charge in [-0.1, -0.05) is 12.1 Å². The largest absolute Gasteiger partial charge is 0.507 e. The number of para-hydroxylation sites is 1. The van der Waals surface area contributed by atoms with E-state index in [0.29, 0.717) is 18.1 Å². The molecule has 3 rings (SSSR count). The maximum atomic E-state index is 12.1. The Morgan fingerprint density at radius 2 is 2.10 bits per heavy atom. The standard InChI is InChI=1S/C13H13N5O3/c14-13(21)18-5-8-9(6-18)16-17-11(8)15-12(20)7-3-1-2-4-10(7)19/h1-4,19H,5-6H2,(H2,14,21)(H2,15,16,17,20). The van der Waals surface area contributed by atoms with Gasteiger partial charge in [-0.25, -0.2) is 4.79 Å². The molecule has 2 aromatic rings. The number of H-pyrrole nitrogens is 1. The van der Waals surface area contributed by atoms with Gasteiger partial charge in [0.2, 0.25) is 0 Å². The Bertz CT molecular complexity index is 724. The van der Waals surface area contributed by atoms with Crippen molar-refractivity contribution in [2.75, 3.05) is 5.32 Å². The van der Waals surface area contributed by atoms with Gasteiger partial charge < -0.3 is 21.1 Å². The smallest absolute Gasteiger partial charge is 0.315 e. The number of phenolic OH excluding ortho intramolecular Hbond substituents is 1. The topological polar surface area (TPSA) is 124 Å². The molecule has 3 amide bonds. The summed E-state index contributed by atoms with van der Waals surface area (Å²) in [5.74, 6) is -0.163. The molecule has 8 heteroatoms. The van der Waals surface area contributed by atoms with Gasteiger partial charge in [0.15, 0.2) is 0 Å². The lowest BCUT2D eigenvalue weighted by Crippen LogP contribution is -2.31. The number of primary amides is 1. The van der Waals surface area contributed by atoms with Crippen LogP contribution in [0.5, 0.6) is 5.75 Å². The summed E-state index contributed by atoms with van der Waals surface area (Å²) in [4.78, 5) is 24.7. The molecule has 0 fully saturated rings. The molecule has 0 radical (unpaired) electrons. The lowest BCUT2D eigenvalue weighted by Gasteiger charge is -2.12. The van der Waals surface area contributed by atoms with Crippen molar-refractivity contribution >= 4 is 17.8 Å². The fourth-order valence-corrected chi connectivity index (χ4v) is 2.24. The molecule has 1 aromatic carbocycles. The van der Waals surface area contributed by atoms with Gasteiger partial charge in [-0.05, 0) is 12.1 Å². The van der Waals surface area contributed by atoms with Crippen molar-refractivity contribution in [2.24, 2.45) is 5.73 Å². The molecule has 0 aliphatic carbocycles. The maximum Gasteiger partial charge on any atom is 0.315 e. The molecule has 1 aromatic heterocycles. The van der Waals surface area contributed by atoms with Crippen LogP contribution >= 0.6 is 0 Å². The molecular weight excluding hydrogens is 274 g/mol. The highest BCUT2D eigenvalue weighted by atomic mass is 16.3. The molecule has 0 saturated heterocycles. The third-order valence-corrected chi connectivity index (χ3v) is 3.34. The van der Waals surface area contributed by atoms with Gasteiger partial charge in [0.05, 0.1) is 24.3 Å². The zero-order valence-electron chi connectivity index (χ0n) is 11.0. The first-order valence-corrected chi connectivity index (χ1v) is 6.26. The highest BCUT2D eigenvalue weighted by Crippen LogP contribution is 2.27. The van der Waals surface area contributed by atoms with E-state index >= 15 is 0 Å². The Morgan fingerprint density at radius 3 is 2.81 bits per heavy atom.